The molecular formula is C12H14FN. The monoisotopic (exact) mass is 191 g/mol. The number of hydrogen-bond acceptors (Lipinski definition) is 1. The topological polar surface area (TPSA) is 12.9 Å². The van der Waals surface area contributed by atoms with Gasteiger partial charge in [-0.2, -0.15) is 0 Å². The molecule has 0 aliphatic carbocycles. The van der Waals surface area contributed by atoms with E-state index in [1.165, 1.54) is 6.07 Å². The molecule has 0 unspecified atom stereocenters. The van der Waals surface area contributed by atoms with Crippen molar-refractivity contribution >= 4 is 10.9 Å². The molecule has 0 saturated carbocycles. The number of rotatable bonds is 0. The maximum atomic E-state index is 13.0. The molecular weight excluding hydrogens is 177 g/mol. The van der Waals surface area contributed by atoms with Gasteiger partial charge in [0.25, 0.3) is 0 Å². The van der Waals surface area contributed by atoms with Gasteiger partial charge in [-0.15, -0.1) is 0 Å². The maximum absolute atomic E-state index is 13.0. The number of fused-ring (bicyclic) bond motifs is 1. The van der Waals surface area contributed by atoms with Crippen LogP contribution < -0.4 is 0 Å². The summed E-state index contributed by atoms with van der Waals surface area (Å²) in [4.78, 5) is 4.04. The van der Waals surface area contributed by atoms with Crippen LogP contribution in [0.3, 0.4) is 0 Å². The van der Waals surface area contributed by atoms with E-state index in [-0.39, 0.29) is 5.82 Å². The van der Waals surface area contributed by atoms with Crippen LogP contribution in [-0.2, 0) is 0 Å². The summed E-state index contributed by atoms with van der Waals surface area (Å²) in [6, 6.07) is 7.04. The lowest BCUT2D eigenvalue weighted by atomic mass is 10.1. The molecule has 2 aromatic rings. The summed E-state index contributed by atoms with van der Waals surface area (Å²) in [5.74, 6) is -0.193. The van der Waals surface area contributed by atoms with Crippen molar-refractivity contribution in [1.29, 1.82) is 0 Å². The standard InChI is InChI=1S/C10H8FN.C2H6/c1-7-5-8-3-2-4-12-10(8)6-9(7)11;1-2/h2-6H,1H3;1-2H3. The summed E-state index contributed by atoms with van der Waals surface area (Å²) >= 11 is 0. The van der Waals surface area contributed by atoms with Gasteiger partial charge < -0.3 is 0 Å². The van der Waals surface area contributed by atoms with Crippen molar-refractivity contribution in [3.8, 4) is 0 Å². The Bertz CT molecular complexity index is 383. The molecule has 0 aliphatic rings. The third kappa shape index (κ3) is 2.08. The van der Waals surface area contributed by atoms with Crippen LogP contribution in [0.2, 0.25) is 0 Å². The minimum atomic E-state index is -0.193. The normalized spacial score (nSPS) is 9.43. The first-order valence-corrected chi connectivity index (χ1v) is 4.78. The molecule has 0 aliphatic heterocycles. The van der Waals surface area contributed by atoms with E-state index in [0.717, 1.165) is 5.39 Å². The van der Waals surface area contributed by atoms with E-state index in [0.29, 0.717) is 11.1 Å². The molecule has 1 aromatic carbocycles. The van der Waals surface area contributed by atoms with E-state index in [2.05, 4.69) is 4.98 Å². The smallest absolute Gasteiger partial charge is 0.128 e. The van der Waals surface area contributed by atoms with Gasteiger partial charge in [0.05, 0.1) is 5.52 Å². The number of pyridine rings is 1. The van der Waals surface area contributed by atoms with Crippen LogP contribution in [0.25, 0.3) is 10.9 Å². The first kappa shape index (κ1) is 10.6. The van der Waals surface area contributed by atoms with Crippen LogP contribution in [-0.4, -0.2) is 4.98 Å². The van der Waals surface area contributed by atoms with Gasteiger partial charge in [0.1, 0.15) is 5.82 Å². The van der Waals surface area contributed by atoms with E-state index >= 15 is 0 Å². The SMILES string of the molecule is CC.Cc1cc2cccnc2cc1F. The lowest BCUT2D eigenvalue weighted by molar-refractivity contribution is 0.620. The highest BCUT2D eigenvalue weighted by molar-refractivity contribution is 5.78. The second-order valence-electron chi connectivity index (χ2n) is 2.80. The van der Waals surface area contributed by atoms with Gasteiger partial charge in [-0.1, -0.05) is 19.9 Å². The summed E-state index contributed by atoms with van der Waals surface area (Å²) < 4.78 is 13.0. The molecule has 0 N–H and O–H groups in total. The molecule has 1 heterocycles. The van der Waals surface area contributed by atoms with Crippen molar-refractivity contribution in [1.82, 2.24) is 4.98 Å². The first-order valence-electron chi connectivity index (χ1n) is 4.78. The van der Waals surface area contributed by atoms with Gasteiger partial charge in [-0.25, -0.2) is 4.39 Å². The van der Waals surface area contributed by atoms with E-state index in [9.17, 15) is 4.39 Å². The average molecular weight is 191 g/mol. The second-order valence-corrected chi connectivity index (χ2v) is 2.80. The number of aromatic nitrogens is 1. The molecule has 0 saturated heterocycles. The molecule has 2 rings (SSSR count). The molecule has 0 atom stereocenters. The highest BCUT2D eigenvalue weighted by Crippen LogP contribution is 2.15. The fourth-order valence-electron chi connectivity index (χ4n) is 1.21. The fourth-order valence-corrected chi connectivity index (χ4v) is 1.21. The molecule has 0 fully saturated rings. The molecule has 1 nitrogen and oxygen atoms in total. The largest absolute Gasteiger partial charge is 0.256 e. The molecule has 74 valence electrons. The van der Waals surface area contributed by atoms with Gasteiger partial charge in [-0.05, 0) is 24.6 Å². The van der Waals surface area contributed by atoms with Gasteiger partial charge >= 0.3 is 0 Å². The van der Waals surface area contributed by atoms with E-state index < -0.39 is 0 Å². The Morgan fingerprint density at radius 1 is 1.21 bits per heavy atom. The summed E-state index contributed by atoms with van der Waals surface area (Å²) in [5, 5.41) is 0.983. The fraction of sp³-hybridized carbons (Fsp3) is 0.250. The number of aryl methyl sites for hydroxylation is 1. The Morgan fingerprint density at radius 2 is 1.93 bits per heavy atom. The summed E-state index contributed by atoms with van der Waals surface area (Å²) in [5.41, 5.74) is 1.37. The van der Waals surface area contributed by atoms with Crippen LogP contribution >= 0.6 is 0 Å². The third-order valence-corrected chi connectivity index (χ3v) is 1.88. The molecule has 0 bridgehead atoms. The van der Waals surface area contributed by atoms with Gasteiger partial charge in [0.15, 0.2) is 0 Å². The van der Waals surface area contributed by atoms with E-state index in [1.807, 2.05) is 26.0 Å². The van der Waals surface area contributed by atoms with E-state index in [4.69, 9.17) is 0 Å². The van der Waals surface area contributed by atoms with Crippen LogP contribution in [0.1, 0.15) is 19.4 Å². The molecule has 2 heteroatoms. The average Bonchev–Trinajstić information content (AvgIpc) is 2.23. The van der Waals surface area contributed by atoms with Crippen molar-refractivity contribution in [2.24, 2.45) is 0 Å². The van der Waals surface area contributed by atoms with Crippen LogP contribution in [0, 0.1) is 12.7 Å². The number of nitrogens with zero attached hydrogens (tertiary/aromatic N) is 1. The van der Waals surface area contributed by atoms with Crippen molar-refractivity contribution in [3.05, 3.63) is 41.8 Å². The van der Waals surface area contributed by atoms with Gasteiger partial charge in [0, 0.05) is 17.6 Å². The Hall–Kier alpha value is -1.44. The zero-order valence-electron chi connectivity index (χ0n) is 8.71. The lowest BCUT2D eigenvalue weighted by Gasteiger charge is -1.98. The minimum absolute atomic E-state index is 0.193. The predicted octanol–water partition coefficient (Wildman–Crippen LogP) is 3.71. The molecule has 0 radical (unpaired) electrons. The molecule has 14 heavy (non-hydrogen) atoms. The zero-order valence-corrected chi connectivity index (χ0v) is 8.71. The highest BCUT2D eigenvalue weighted by atomic mass is 19.1. The second kappa shape index (κ2) is 4.70. The molecule has 1 aromatic heterocycles. The van der Waals surface area contributed by atoms with E-state index in [1.54, 1.807) is 19.2 Å². The Balaban J connectivity index is 0.000000461. The first-order chi connectivity index (χ1) is 6.77. The minimum Gasteiger partial charge on any atom is -0.256 e. The Morgan fingerprint density at radius 3 is 2.64 bits per heavy atom. The van der Waals surface area contributed by atoms with Crippen molar-refractivity contribution in [2.45, 2.75) is 20.8 Å². The Labute approximate surface area is 83.6 Å². The lowest BCUT2D eigenvalue weighted by Crippen LogP contribution is -1.84. The summed E-state index contributed by atoms with van der Waals surface area (Å²) in [6.07, 6.45) is 1.66. The van der Waals surface area contributed by atoms with Crippen molar-refractivity contribution in [3.63, 3.8) is 0 Å². The summed E-state index contributed by atoms with van der Waals surface area (Å²) in [6.45, 7) is 5.75. The third-order valence-electron chi connectivity index (χ3n) is 1.88. The maximum Gasteiger partial charge on any atom is 0.128 e. The van der Waals surface area contributed by atoms with Crippen LogP contribution in [0.5, 0.6) is 0 Å². The van der Waals surface area contributed by atoms with Gasteiger partial charge in [0.2, 0.25) is 0 Å². The van der Waals surface area contributed by atoms with Crippen LogP contribution in [0.4, 0.5) is 4.39 Å². The number of benzene rings is 1. The molecule has 0 amide bonds. The number of halogens is 1. The highest BCUT2D eigenvalue weighted by Gasteiger charge is 1.99. The number of hydrogen-bond donors (Lipinski definition) is 0. The summed E-state index contributed by atoms with van der Waals surface area (Å²) in [7, 11) is 0. The van der Waals surface area contributed by atoms with Crippen molar-refractivity contribution < 1.29 is 4.39 Å². The zero-order chi connectivity index (χ0) is 10.6. The Kier molecular flexibility index (Phi) is 3.57. The van der Waals surface area contributed by atoms with Crippen molar-refractivity contribution in [2.75, 3.05) is 0 Å². The van der Waals surface area contributed by atoms with Crippen LogP contribution in [0.15, 0.2) is 30.5 Å². The molecule has 0 spiro atoms. The predicted molar refractivity (Wildman–Crippen MR) is 57.8 cm³/mol. The quantitative estimate of drug-likeness (QED) is 0.618. The van der Waals surface area contributed by atoms with Gasteiger partial charge in [-0.3, -0.25) is 4.98 Å².